The number of hydrogen-bond donors (Lipinski definition) is 2. The van der Waals surface area contributed by atoms with Crippen LogP contribution in [-0.2, 0) is 0 Å². The lowest BCUT2D eigenvalue weighted by Crippen LogP contribution is -2.20. The van der Waals surface area contributed by atoms with E-state index in [4.69, 9.17) is 9.47 Å². The van der Waals surface area contributed by atoms with Gasteiger partial charge in [-0.2, -0.15) is 0 Å². The summed E-state index contributed by atoms with van der Waals surface area (Å²) in [6.07, 6.45) is 0. The van der Waals surface area contributed by atoms with Crippen molar-refractivity contribution in [1.82, 2.24) is 0 Å². The molecular formula is C17H19N3O5. The number of para-hydroxylation sites is 1. The van der Waals surface area contributed by atoms with Crippen molar-refractivity contribution in [3.05, 3.63) is 51.6 Å². The molecule has 2 aromatic carbocycles. The summed E-state index contributed by atoms with van der Waals surface area (Å²) in [7, 11) is 2.75. The molecule has 0 radical (unpaired) electrons. The topological polar surface area (TPSA) is 103 Å². The highest BCUT2D eigenvalue weighted by atomic mass is 16.6. The molecule has 0 saturated carbocycles. The van der Waals surface area contributed by atoms with Crippen molar-refractivity contribution in [1.29, 1.82) is 0 Å². The summed E-state index contributed by atoms with van der Waals surface area (Å²) >= 11 is 0. The van der Waals surface area contributed by atoms with Crippen LogP contribution in [0.1, 0.15) is 11.1 Å². The van der Waals surface area contributed by atoms with Gasteiger partial charge < -0.3 is 20.1 Å². The summed E-state index contributed by atoms with van der Waals surface area (Å²) in [6, 6.07) is 7.95. The van der Waals surface area contributed by atoms with Crippen LogP contribution >= 0.6 is 0 Å². The van der Waals surface area contributed by atoms with E-state index in [1.165, 1.54) is 20.3 Å². The first-order valence-electron chi connectivity index (χ1n) is 7.42. The van der Waals surface area contributed by atoms with Gasteiger partial charge in [-0.05, 0) is 25.5 Å². The highest BCUT2D eigenvalue weighted by Crippen LogP contribution is 2.42. The van der Waals surface area contributed by atoms with Gasteiger partial charge in [-0.15, -0.1) is 0 Å². The third-order valence-electron chi connectivity index (χ3n) is 3.69. The Morgan fingerprint density at radius 1 is 1.04 bits per heavy atom. The average molecular weight is 345 g/mol. The number of urea groups is 1. The predicted molar refractivity (Wildman–Crippen MR) is 94.8 cm³/mol. The molecule has 0 aromatic heterocycles. The van der Waals surface area contributed by atoms with Crippen molar-refractivity contribution in [3.63, 3.8) is 0 Å². The molecule has 2 aromatic rings. The van der Waals surface area contributed by atoms with Gasteiger partial charge in [-0.1, -0.05) is 18.2 Å². The lowest BCUT2D eigenvalue weighted by molar-refractivity contribution is -0.385. The van der Waals surface area contributed by atoms with Crippen molar-refractivity contribution >= 4 is 23.1 Å². The van der Waals surface area contributed by atoms with Crippen LogP contribution in [0.25, 0.3) is 0 Å². The quantitative estimate of drug-likeness (QED) is 0.632. The molecule has 0 fully saturated rings. The number of aryl methyl sites for hydroxylation is 1. The first-order chi connectivity index (χ1) is 11.9. The van der Waals surface area contributed by atoms with Crippen molar-refractivity contribution < 1.29 is 19.2 Å². The van der Waals surface area contributed by atoms with Crippen LogP contribution in [-0.4, -0.2) is 25.2 Å². The smallest absolute Gasteiger partial charge is 0.323 e. The predicted octanol–water partition coefficient (Wildman–Crippen LogP) is 3.87. The van der Waals surface area contributed by atoms with Crippen LogP contribution in [0.2, 0.25) is 0 Å². The molecular weight excluding hydrogens is 326 g/mol. The van der Waals surface area contributed by atoms with Crippen molar-refractivity contribution in [2.45, 2.75) is 13.8 Å². The zero-order chi connectivity index (χ0) is 18.6. The molecule has 0 atom stereocenters. The van der Waals surface area contributed by atoms with Crippen LogP contribution in [0.5, 0.6) is 11.5 Å². The third kappa shape index (κ3) is 3.79. The summed E-state index contributed by atoms with van der Waals surface area (Å²) < 4.78 is 10.4. The number of benzene rings is 2. The van der Waals surface area contributed by atoms with Gasteiger partial charge in [0.2, 0.25) is 5.75 Å². The van der Waals surface area contributed by atoms with E-state index >= 15 is 0 Å². The van der Waals surface area contributed by atoms with Crippen LogP contribution in [0.4, 0.5) is 21.9 Å². The summed E-state index contributed by atoms with van der Waals surface area (Å²) in [6.45, 7) is 3.48. The maximum atomic E-state index is 12.3. The fraction of sp³-hybridized carbons (Fsp3) is 0.235. The Hall–Kier alpha value is -3.29. The van der Waals surface area contributed by atoms with E-state index in [1.54, 1.807) is 19.1 Å². The number of rotatable bonds is 5. The van der Waals surface area contributed by atoms with Crippen LogP contribution in [0.3, 0.4) is 0 Å². The van der Waals surface area contributed by atoms with Gasteiger partial charge in [0.15, 0.2) is 0 Å². The number of nitrogens with one attached hydrogen (secondary N) is 2. The molecule has 8 nitrogen and oxygen atoms in total. The van der Waals surface area contributed by atoms with E-state index in [-0.39, 0.29) is 17.1 Å². The molecule has 0 aliphatic heterocycles. The Bertz CT molecular complexity index is 820. The molecule has 25 heavy (non-hydrogen) atoms. The third-order valence-corrected chi connectivity index (χ3v) is 3.69. The summed E-state index contributed by atoms with van der Waals surface area (Å²) in [5.74, 6) is 0.383. The second-order valence-electron chi connectivity index (χ2n) is 5.29. The highest BCUT2D eigenvalue weighted by Gasteiger charge is 2.25. The van der Waals surface area contributed by atoms with Gasteiger partial charge in [0.05, 0.1) is 24.8 Å². The fourth-order valence-corrected chi connectivity index (χ4v) is 2.50. The fourth-order valence-electron chi connectivity index (χ4n) is 2.50. The van der Waals surface area contributed by atoms with Crippen molar-refractivity contribution in [2.24, 2.45) is 0 Å². The number of carbonyl (C=O) groups is 1. The number of amides is 2. The Balaban J connectivity index is 2.36. The van der Waals surface area contributed by atoms with Gasteiger partial charge in [-0.3, -0.25) is 10.1 Å². The normalized spacial score (nSPS) is 10.1. The van der Waals surface area contributed by atoms with Crippen LogP contribution in [0, 0.1) is 24.0 Å². The zero-order valence-electron chi connectivity index (χ0n) is 14.4. The minimum Gasteiger partial charge on any atom is -0.494 e. The molecule has 0 aliphatic rings. The van der Waals surface area contributed by atoms with Crippen molar-refractivity contribution in [3.8, 4) is 11.5 Å². The average Bonchev–Trinajstić information content (AvgIpc) is 2.56. The summed E-state index contributed by atoms with van der Waals surface area (Å²) in [4.78, 5) is 23.0. The van der Waals surface area contributed by atoms with Gasteiger partial charge in [0.1, 0.15) is 5.75 Å². The molecule has 0 bridgehead atoms. The first kappa shape index (κ1) is 18.1. The SMILES string of the molecule is COc1c(NC(=O)Nc2ccccc2C)cc([N+](=O)[O-])c(OC)c1C. The van der Waals surface area contributed by atoms with Gasteiger partial charge in [0.25, 0.3) is 0 Å². The number of methoxy groups -OCH3 is 2. The number of nitro groups is 1. The highest BCUT2D eigenvalue weighted by molar-refractivity contribution is 6.01. The van der Waals surface area contributed by atoms with E-state index in [1.807, 2.05) is 19.1 Å². The minimum absolute atomic E-state index is 0.0895. The van der Waals surface area contributed by atoms with E-state index in [0.717, 1.165) is 5.56 Å². The van der Waals surface area contributed by atoms with E-state index in [9.17, 15) is 14.9 Å². The summed E-state index contributed by atoms with van der Waals surface area (Å²) in [5, 5.41) is 16.6. The Morgan fingerprint density at radius 2 is 1.64 bits per heavy atom. The van der Waals surface area contributed by atoms with E-state index < -0.39 is 11.0 Å². The lowest BCUT2D eigenvalue weighted by atomic mass is 10.1. The minimum atomic E-state index is -0.574. The number of carbonyl (C=O) groups excluding carboxylic acids is 1. The van der Waals surface area contributed by atoms with Crippen LogP contribution < -0.4 is 20.1 Å². The molecule has 2 N–H and O–H groups in total. The molecule has 2 amide bonds. The van der Waals surface area contributed by atoms with Gasteiger partial charge in [0, 0.05) is 17.3 Å². The van der Waals surface area contributed by atoms with Gasteiger partial charge in [-0.25, -0.2) is 4.79 Å². The zero-order valence-corrected chi connectivity index (χ0v) is 14.4. The maximum absolute atomic E-state index is 12.3. The molecule has 132 valence electrons. The molecule has 0 unspecified atom stereocenters. The monoisotopic (exact) mass is 345 g/mol. The summed E-state index contributed by atoms with van der Waals surface area (Å²) in [5.41, 5.74) is 1.87. The second kappa shape index (κ2) is 7.52. The molecule has 0 spiro atoms. The van der Waals surface area contributed by atoms with Gasteiger partial charge >= 0.3 is 11.7 Å². The number of hydrogen-bond acceptors (Lipinski definition) is 5. The molecule has 2 rings (SSSR count). The standard InChI is InChI=1S/C17H19N3O5/c1-10-7-5-6-8-12(10)18-17(21)19-13-9-14(20(22)23)16(25-4)11(2)15(13)24-3/h5-9H,1-4H3,(H2,18,19,21). The van der Waals surface area contributed by atoms with Crippen LogP contribution in [0.15, 0.2) is 30.3 Å². The molecule has 8 heteroatoms. The number of nitrogens with zero attached hydrogens (tertiary/aromatic N) is 1. The van der Waals surface area contributed by atoms with E-state index in [2.05, 4.69) is 10.6 Å². The molecule has 0 aliphatic carbocycles. The first-order valence-corrected chi connectivity index (χ1v) is 7.42. The molecule has 0 saturated heterocycles. The molecule has 0 heterocycles. The Kier molecular flexibility index (Phi) is 5.43. The number of anilines is 2. The maximum Gasteiger partial charge on any atom is 0.323 e. The largest absolute Gasteiger partial charge is 0.494 e. The number of nitro benzene ring substituents is 1. The Labute approximate surface area is 144 Å². The number of ether oxygens (including phenoxy) is 2. The Morgan fingerprint density at radius 3 is 2.20 bits per heavy atom. The van der Waals surface area contributed by atoms with Crippen molar-refractivity contribution in [2.75, 3.05) is 24.9 Å². The second-order valence-corrected chi connectivity index (χ2v) is 5.29. The lowest BCUT2D eigenvalue weighted by Gasteiger charge is -2.16. The van der Waals surface area contributed by atoms with E-state index in [0.29, 0.717) is 17.0 Å².